The zero-order valence-corrected chi connectivity index (χ0v) is 19.0. The molecule has 8 heteroatoms. The van der Waals surface area contributed by atoms with Crippen LogP contribution >= 0.6 is 0 Å². The fourth-order valence-corrected chi connectivity index (χ4v) is 4.42. The van der Waals surface area contributed by atoms with Crippen molar-refractivity contribution in [3.63, 3.8) is 0 Å². The first kappa shape index (κ1) is 22.2. The zero-order valence-electron chi connectivity index (χ0n) is 19.0. The molecule has 7 nitrogen and oxygen atoms in total. The van der Waals surface area contributed by atoms with Gasteiger partial charge in [0.25, 0.3) is 5.91 Å². The second-order valence-corrected chi connectivity index (χ2v) is 8.81. The number of carbonyl (C=O) groups is 1. The highest BCUT2D eigenvalue weighted by atomic mass is 19.1. The summed E-state index contributed by atoms with van der Waals surface area (Å²) in [5.74, 6) is 0.0953. The number of aromatic nitrogens is 4. The smallest absolute Gasteiger partial charge is 0.255 e. The van der Waals surface area contributed by atoms with Crippen molar-refractivity contribution in [1.82, 2.24) is 29.8 Å². The van der Waals surface area contributed by atoms with E-state index < -0.39 is 0 Å². The summed E-state index contributed by atoms with van der Waals surface area (Å²) in [6.07, 6.45) is 6.88. The summed E-state index contributed by atoms with van der Waals surface area (Å²) in [4.78, 5) is 15.3. The summed E-state index contributed by atoms with van der Waals surface area (Å²) in [5, 5.41) is 12.0. The van der Waals surface area contributed by atoms with E-state index in [1.807, 2.05) is 18.8 Å². The predicted octanol–water partition coefficient (Wildman–Crippen LogP) is 2.99. The Morgan fingerprint density at radius 3 is 2.44 bits per heavy atom. The van der Waals surface area contributed by atoms with Crippen LogP contribution in [-0.4, -0.2) is 43.5 Å². The van der Waals surface area contributed by atoms with Crippen molar-refractivity contribution in [2.24, 2.45) is 20.0 Å². The lowest BCUT2D eigenvalue weighted by atomic mass is 9.91. The second-order valence-electron chi connectivity index (χ2n) is 8.81. The number of hydrogen-bond donors (Lipinski definition) is 1. The van der Waals surface area contributed by atoms with E-state index in [9.17, 15) is 9.18 Å². The lowest BCUT2D eigenvalue weighted by molar-refractivity contribution is 0.0949. The fraction of sp³-hybridized carbons (Fsp3) is 0.458. The third kappa shape index (κ3) is 5.43. The van der Waals surface area contributed by atoms with Gasteiger partial charge in [-0.25, -0.2) is 4.39 Å². The van der Waals surface area contributed by atoms with Gasteiger partial charge in [-0.2, -0.15) is 10.2 Å². The van der Waals surface area contributed by atoms with E-state index in [1.54, 1.807) is 23.0 Å². The molecule has 0 radical (unpaired) electrons. The molecule has 1 amide bonds. The minimum Gasteiger partial charge on any atom is -0.348 e. The van der Waals surface area contributed by atoms with E-state index >= 15 is 0 Å². The summed E-state index contributed by atoms with van der Waals surface area (Å²) in [6.45, 7) is 5.44. The maximum Gasteiger partial charge on any atom is 0.255 e. The molecule has 0 atom stereocenters. The Hall–Kier alpha value is -3.00. The molecule has 0 spiro atoms. The van der Waals surface area contributed by atoms with Crippen molar-refractivity contribution in [3.8, 4) is 0 Å². The quantitative estimate of drug-likeness (QED) is 0.616. The van der Waals surface area contributed by atoms with Gasteiger partial charge in [-0.1, -0.05) is 12.1 Å². The van der Waals surface area contributed by atoms with Gasteiger partial charge in [0, 0.05) is 45.1 Å². The first-order chi connectivity index (χ1) is 15.4. The molecule has 1 saturated heterocycles. The van der Waals surface area contributed by atoms with Crippen LogP contribution in [0.1, 0.15) is 45.7 Å². The number of likely N-dealkylation sites (tertiary alicyclic amines) is 1. The largest absolute Gasteiger partial charge is 0.348 e. The lowest BCUT2D eigenvalue weighted by Gasteiger charge is -2.31. The van der Waals surface area contributed by atoms with E-state index in [0.29, 0.717) is 18.0 Å². The van der Waals surface area contributed by atoms with E-state index in [4.69, 9.17) is 0 Å². The van der Waals surface area contributed by atoms with E-state index in [2.05, 4.69) is 33.5 Å². The van der Waals surface area contributed by atoms with E-state index in [0.717, 1.165) is 55.8 Å². The monoisotopic (exact) mass is 438 g/mol. The fourth-order valence-electron chi connectivity index (χ4n) is 4.42. The van der Waals surface area contributed by atoms with Crippen LogP contribution in [0.4, 0.5) is 4.39 Å². The summed E-state index contributed by atoms with van der Waals surface area (Å²) >= 11 is 0. The molecular weight excluding hydrogens is 407 g/mol. The van der Waals surface area contributed by atoms with Crippen molar-refractivity contribution in [2.75, 3.05) is 13.1 Å². The highest BCUT2D eigenvalue weighted by molar-refractivity contribution is 5.95. The van der Waals surface area contributed by atoms with Crippen LogP contribution in [0.5, 0.6) is 0 Å². The van der Waals surface area contributed by atoms with Gasteiger partial charge in [-0.15, -0.1) is 0 Å². The number of aryl methyl sites for hydroxylation is 3. The van der Waals surface area contributed by atoms with Crippen molar-refractivity contribution in [3.05, 3.63) is 70.6 Å². The number of nitrogens with zero attached hydrogens (tertiary/aromatic N) is 5. The number of benzene rings is 1. The Labute approximate surface area is 188 Å². The van der Waals surface area contributed by atoms with Crippen molar-refractivity contribution in [1.29, 1.82) is 0 Å². The lowest BCUT2D eigenvalue weighted by Crippen LogP contribution is -2.34. The molecule has 1 aliphatic rings. The molecular formula is C24H31FN6O. The standard InChI is InChI=1S/C24H31FN6O/c1-17-20(14-29(2)27-17)15-31-10-8-18(9-11-31)12-23-22(16-30(3)28-23)24(32)26-13-19-4-6-21(25)7-5-19/h4-7,14,16,18H,8-13,15H2,1-3H3,(H,26,32). The number of piperidine rings is 1. The van der Waals surface area contributed by atoms with Gasteiger partial charge in [-0.05, 0) is 62.9 Å². The number of carbonyl (C=O) groups excluding carboxylic acids is 1. The molecule has 3 aromatic rings. The summed E-state index contributed by atoms with van der Waals surface area (Å²) < 4.78 is 16.7. The summed E-state index contributed by atoms with van der Waals surface area (Å²) in [7, 11) is 3.81. The van der Waals surface area contributed by atoms with Gasteiger partial charge in [0.05, 0.1) is 17.0 Å². The van der Waals surface area contributed by atoms with E-state index in [-0.39, 0.29) is 11.7 Å². The molecule has 1 N–H and O–H groups in total. The predicted molar refractivity (Wildman–Crippen MR) is 120 cm³/mol. The average molecular weight is 439 g/mol. The molecule has 1 fully saturated rings. The van der Waals surface area contributed by atoms with Crippen LogP contribution in [0, 0.1) is 18.7 Å². The van der Waals surface area contributed by atoms with Gasteiger partial charge in [0.1, 0.15) is 5.82 Å². The minimum absolute atomic E-state index is 0.137. The number of halogens is 1. The molecule has 1 aliphatic heterocycles. The SMILES string of the molecule is Cc1nn(C)cc1CN1CCC(Cc2nn(C)cc2C(=O)NCc2ccc(F)cc2)CC1. The molecule has 3 heterocycles. The molecule has 0 bridgehead atoms. The molecule has 2 aromatic heterocycles. The Morgan fingerprint density at radius 2 is 1.78 bits per heavy atom. The van der Waals surface area contributed by atoms with Gasteiger partial charge in [0.15, 0.2) is 0 Å². The Morgan fingerprint density at radius 1 is 1.09 bits per heavy atom. The number of amides is 1. The Bertz CT molecular complexity index is 1060. The molecule has 32 heavy (non-hydrogen) atoms. The first-order valence-electron chi connectivity index (χ1n) is 11.1. The van der Waals surface area contributed by atoms with Crippen LogP contribution < -0.4 is 5.32 Å². The Kier molecular flexibility index (Phi) is 6.69. The van der Waals surface area contributed by atoms with Gasteiger partial charge in [-0.3, -0.25) is 19.1 Å². The van der Waals surface area contributed by atoms with Crippen LogP contribution in [0.15, 0.2) is 36.7 Å². The molecule has 4 rings (SSSR count). The molecule has 0 aliphatic carbocycles. The maximum atomic E-state index is 13.1. The minimum atomic E-state index is -0.281. The maximum absolute atomic E-state index is 13.1. The molecule has 1 aromatic carbocycles. The molecule has 170 valence electrons. The van der Waals surface area contributed by atoms with Crippen molar-refractivity contribution < 1.29 is 9.18 Å². The van der Waals surface area contributed by atoms with Crippen LogP contribution in [0.3, 0.4) is 0 Å². The topological polar surface area (TPSA) is 68.0 Å². The number of rotatable bonds is 7. The number of hydrogen-bond acceptors (Lipinski definition) is 4. The second kappa shape index (κ2) is 9.65. The highest BCUT2D eigenvalue weighted by Crippen LogP contribution is 2.24. The van der Waals surface area contributed by atoms with Gasteiger partial charge < -0.3 is 5.32 Å². The average Bonchev–Trinajstić information content (AvgIpc) is 3.29. The summed E-state index contributed by atoms with van der Waals surface area (Å²) in [5.41, 5.74) is 4.73. The third-order valence-corrected chi connectivity index (χ3v) is 6.21. The van der Waals surface area contributed by atoms with Crippen LogP contribution in [-0.2, 0) is 33.6 Å². The molecule has 0 saturated carbocycles. The van der Waals surface area contributed by atoms with Crippen LogP contribution in [0.2, 0.25) is 0 Å². The van der Waals surface area contributed by atoms with Gasteiger partial charge in [0.2, 0.25) is 0 Å². The normalized spacial score (nSPS) is 15.2. The molecule has 0 unspecified atom stereocenters. The number of nitrogens with one attached hydrogen (secondary N) is 1. The van der Waals surface area contributed by atoms with E-state index in [1.165, 1.54) is 17.7 Å². The van der Waals surface area contributed by atoms with Gasteiger partial charge >= 0.3 is 0 Å². The highest BCUT2D eigenvalue weighted by Gasteiger charge is 2.24. The van der Waals surface area contributed by atoms with Crippen LogP contribution in [0.25, 0.3) is 0 Å². The zero-order chi connectivity index (χ0) is 22.7. The summed E-state index contributed by atoms with van der Waals surface area (Å²) in [6, 6.07) is 6.17. The third-order valence-electron chi connectivity index (χ3n) is 6.21. The van der Waals surface area contributed by atoms with Crippen molar-refractivity contribution in [2.45, 2.75) is 39.3 Å². The van der Waals surface area contributed by atoms with Crippen molar-refractivity contribution >= 4 is 5.91 Å². The Balaban J connectivity index is 1.31. The first-order valence-corrected chi connectivity index (χ1v) is 11.1.